The van der Waals surface area contributed by atoms with Crippen LogP contribution in [0.4, 0.5) is 15.3 Å². The molecule has 1 N–H and O–H groups in total. The van der Waals surface area contributed by atoms with E-state index in [1.165, 1.54) is 23.1 Å². The number of carbonyl (C=O) groups is 4. The number of carboxylic acid groups (broad SMARTS) is 1. The molecule has 0 spiro atoms. The van der Waals surface area contributed by atoms with E-state index in [4.69, 9.17) is 14.2 Å². The summed E-state index contributed by atoms with van der Waals surface area (Å²) in [7, 11) is 1.61. The highest BCUT2D eigenvalue weighted by atomic mass is 16.6. The van der Waals surface area contributed by atoms with Crippen molar-refractivity contribution >= 4 is 29.8 Å². The fourth-order valence-corrected chi connectivity index (χ4v) is 4.91. The Hall–Kier alpha value is -4.28. The fraction of sp³-hybridized carbons (Fsp3) is 0.543. The van der Waals surface area contributed by atoms with Crippen LogP contribution in [0.15, 0.2) is 42.5 Å². The highest BCUT2D eigenvalue weighted by Crippen LogP contribution is 2.28. The van der Waals surface area contributed by atoms with Crippen LogP contribution >= 0.6 is 0 Å². The predicted octanol–water partition coefficient (Wildman–Crippen LogP) is 6.69. The highest BCUT2D eigenvalue weighted by Gasteiger charge is 2.33. The van der Waals surface area contributed by atoms with E-state index < -0.39 is 29.2 Å². The van der Waals surface area contributed by atoms with Gasteiger partial charge in [0, 0.05) is 50.5 Å². The van der Waals surface area contributed by atoms with Crippen LogP contribution in [-0.2, 0) is 16.0 Å². The summed E-state index contributed by atoms with van der Waals surface area (Å²) in [4.78, 5) is 55.9. The summed E-state index contributed by atoms with van der Waals surface area (Å²) in [6.07, 6.45) is -0.165. The molecule has 11 nitrogen and oxygen atoms in total. The van der Waals surface area contributed by atoms with E-state index in [-0.39, 0.29) is 35.6 Å². The number of carbonyl (C=O) groups excluding carboxylic acids is 3. The Bertz CT molecular complexity index is 1410. The number of ether oxygens (including phenoxy) is 3. The van der Waals surface area contributed by atoms with E-state index in [0.29, 0.717) is 49.7 Å². The van der Waals surface area contributed by atoms with Crippen molar-refractivity contribution in [2.75, 3.05) is 38.2 Å². The molecule has 0 radical (unpaired) electrons. The third-order valence-electron chi connectivity index (χ3n) is 7.02. The van der Waals surface area contributed by atoms with Gasteiger partial charge in [-0.1, -0.05) is 19.9 Å². The Morgan fingerprint density at radius 1 is 0.957 bits per heavy atom. The van der Waals surface area contributed by atoms with Crippen molar-refractivity contribution in [2.24, 2.45) is 11.8 Å². The number of amides is 3. The van der Waals surface area contributed by atoms with Crippen molar-refractivity contribution in [3.05, 3.63) is 59.2 Å². The van der Waals surface area contributed by atoms with Gasteiger partial charge in [-0.05, 0) is 95.7 Å². The molecule has 252 valence electrons. The van der Waals surface area contributed by atoms with E-state index in [0.717, 1.165) is 0 Å². The molecule has 3 rings (SSSR count). The first kappa shape index (κ1) is 36.2. The molecule has 1 atom stereocenters. The number of benzene rings is 2. The summed E-state index contributed by atoms with van der Waals surface area (Å²) in [5.74, 6) is -0.736. The van der Waals surface area contributed by atoms with Crippen LogP contribution < -0.4 is 9.64 Å². The lowest BCUT2D eigenvalue weighted by Crippen LogP contribution is -2.40. The second-order valence-electron chi connectivity index (χ2n) is 14.2. The van der Waals surface area contributed by atoms with Crippen molar-refractivity contribution in [2.45, 2.75) is 79.6 Å². The number of likely N-dealkylation sites (tertiary alicyclic amines) is 1. The summed E-state index contributed by atoms with van der Waals surface area (Å²) in [6, 6.07) is 11.3. The minimum Gasteiger partial charge on any atom is -0.493 e. The second kappa shape index (κ2) is 14.9. The predicted molar refractivity (Wildman–Crippen MR) is 175 cm³/mol. The molecule has 46 heavy (non-hydrogen) atoms. The van der Waals surface area contributed by atoms with Crippen molar-refractivity contribution in [1.29, 1.82) is 0 Å². The number of hydrogen-bond donors (Lipinski definition) is 1. The Kier molecular flexibility index (Phi) is 11.7. The summed E-state index contributed by atoms with van der Waals surface area (Å²) in [5, 5.41) is 9.40. The molecule has 2 aromatic rings. The number of carboxylic acids is 1. The molecule has 0 saturated carbocycles. The number of aromatic carboxylic acids is 1. The van der Waals surface area contributed by atoms with Gasteiger partial charge in [-0.25, -0.2) is 14.4 Å². The first-order chi connectivity index (χ1) is 21.3. The van der Waals surface area contributed by atoms with Gasteiger partial charge in [0.05, 0.1) is 12.2 Å². The lowest BCUT2D eigenvalue weighted by Gasteiger charge is -2.30. The summed E-state index contributed by atoms with van der Waals surface area (Å²) >= 11 is 0. The normalized spacial score (nSPS) is 15.0. The van der Waals surface area contributed by atoms with E-state index in [9.17, 15) is 24.3 Å². The zero-order valence-electron chi connectivity index (χ0n) is 28.6. The van der Waals surface area contributed by atoms with E-state index in [1.54, 1.807) is 55.8 Å². The number of hydrogen-bond acceptors (Lipinski definition) is 7. The van der Waals surface area contributed by atoms with E-state index >= 15 is 0 Å². The van der Waals surface area contributed by atoms with Crippen LogP contribution in [0.5, 0.6) is 5.75 Å². The van der Waals surface area contributed by atoms with Crippen LogP contribution in [-0.4, -0.2) is 83.5 Å². The van der Waals surface area contributed by atoms with Gasteiger partial charge in [-0.3, -0.25) is 4.79 Å². The molecule has 11 heteroatoms. The quantitative estimate of drug-likeness (QED) is 0.305. The van der Waals surface area contributed by atoms with Gasteiger partial charge in [0.2, 0.25) is 0 Å². The first-order valence-corrected chi connectivity index (χ1v) is 15.7. The van der Waals surface area contributed by atoms with Gasteiger partial charge >= 0.3 is 18.2 Å². The van der Waals surface area contributed by atoms with Gasteiger partial charge in [0.1, 0.15) is 17.0 Å². The summed E-state index contributed by atoms with van der Waals surface area (Å²) in [5.41, 5.74) is 0.137. The molecular weight excluding hydrogens is 590 g/mol. The molecule has 0 bridgehead atoms. The van der Waals surface area contributed by atoms with Crippen LogP contribution in [0.1, 0.15) is 88.1 Å². The lowest BCUT2D eigenvalue weighted by molar-refractivity contribution is 0.0196. The lowest BCUT2D eigenvalue weighted by atomic mass is 10.1. The van der Waals surface area contributed by atoms with E-state index in [1.807, 2.05) is 40.7 Å². The van der Waals surface area contributed by atoms with Crippen LogP contribution in [0.25, 0.3) is 0 Å². The minimum absolute atomic E-state index is 0.00523. The van der Waals surface area contributed by atoms with Crippen LogP contribution in [0.3, 0.4) is 0 Å². The molecule has 0 aromatic heterocycles. The van der Waals surface area contributed by atoms with Gasteiger partial charge in [0.15, 0.2) is 0 Å². The molecular formula is C35H49N3O8. The van der Waals surface area contributed by atoms with Crippen LogP contribution in [0, 0.1) is 11.8 Å². The summed E-state index contributed by atoms with van der Waals surface area (Å²) < 4.78 is 17.4. The largest absolute Gasteiger partial charge is 0.493 e. The fourth-order valence-electron chi connectivity index (χ4n) is 4.91. The highest BCUT2D eigenvalue weighted by molar-refractivity contribution is 6.07. The van der Waals surface area contributed by atoms with Crippen molar-refractivity contribution in [3.8, 4) is 5.75 Å². The smallest absolute Gasteiger partial charge is 0.410 e. The van der Waals surface area contributed by atoms with E-state index in [2.05, 4.69) is 0 Å². The molecule has 1 unspecified atom stereocenters. The van der Waals surface area contributed by atoms with Crippen LogP contribution in [0.2, 0.25) is 0 Å². The molecule has 1 saturated heterocycles. The summed E-state index contributed by atoms with van der Waals surface area (Å²) in [6.45, 7) is 16.9. The average Bonchev–Trinajstić information content (AvgIpc) is 3.42. The molecule has 1 fully saturated rings. The third-order valence-corrected chi connectivity index (χ3v) is 7.02. The number of nitrogens with zero attached hydrogens (tertiary/aromatic N) is 3. The molecule has 1 heterocycles. The third kappa shape index (κ3) is 11.0. The SMILES string of the molecule is CC(C)COc1cc(CN(CC2CCN(C(=O)OC(C)(C)C)C2)C(=O)OC(C)(C)C)cc(N(C)C(=O)c2cccc(C(=O)O)c2)c1. The molecule has 1 aliphatic rings. The Balaban J connectivity index is 1.91. The standard InChI is InChI=1S/C35H49N3O8/c1-23(2)22-44-29-16-25(15-28(18-29)36(9)30(39)26-11-10-12-27(17-26)31(40)41)21-38(33(43)46-35(6,7)8)20-24-13-14-37(19-24)32(42)45-34(3,4)5/h10-12,15-18,23-24H,13-14,19-22H2,1-9H3,(H,40,41). The van der Waals surface area contributed by atoms with Crippen molar-refractivity contribution in [3.63, 3.8) is 0 Å². The van der Waals surface area contributed by atoms with Gasteiger partial charge in [-0.2, -0.15) is 0 Å². The maximum Gasteiger partial charge on any atom is 0.410 e. The van der Waals surface area contributed by atoms with Gasteiger partial charge in [-0.15, -0.1) is 0 Å². The second-order valence-corrected chi connectivity index (χ2v) is 14.2. The molecule has 0 aliphatic carbocycles. The van der Waals surface area contributed by atoms with Crippen molar-refractivity contribution < 1.29 is 38.5 Å². The zero-order chi connectivity index (χ0) is 34.4. The molecule has 3 amide bonds. The Morgan fingerprint density at radius 3 is 2.22 bits per heavy atom. The molecule has 2 aromatic carbocycles. The zero-order valence-corrected chi connectivity index (χ0v) is 28.6. The number of rotatable bonds is 10. The topological polar surface area (TPSA) is 126 Å². The molecule has 1 aliphatic heterocycles. The first-order valence-electron chi connectivity index (χ1n) is 15.7. The minimum atomic E-state index is -1.12. The average molecular weight is 640 g/mol. The Labute approximate surface area is 272 Å². The maximum absolute atomic E-state index is 13.5. The van der Waals surface area contributed by atoms with Gasteiger partial charge in [0.25, 0.3) is 5.91 Å². The Morgan fingerprint density at radius 2 is 1.61 bits per heavy atom. The monoisotopic (exact) mass is 639 g/mol. The maximum atomic E-state index is 13.5. The van der Waals surface area contributed by atoms with Gasteiger partial charge < -0.3 is 34.0 Å². The van der Waals surface area contributed by atoms with Crippen molar-refractivity contribution in [1.82, 2.24) is 9.80 Å². The number of anilines is 1.